The van der Waals surface area contributed by atoms with Gasteiger partial charge in [-0.25, -0.2) is 0 Å². The van der Waals surface area contributed by atoms with Crippen LogP contribution in [-0.4, -0.2) is 41.1 Å². The van der Waals surface area contributed by atoms with Crippen LogP contribution in [0.5, 0.6) is 0 Å². The van der Waals surface area contributed by atoms with Crippen LogP contribution in [0.1, 0.15) is 95.1 Å². The van der Waals surface area contributed by atoms with Crippen molar-refractivity contribution in [3.63, 3.8) is 0 Å². The molecule has 1 aromatic rings. The van der Waals surface area contributed by atoms with E-state index in [1.807, 2.05) is 13.0 Å². The Morgan fingerprint density at radius 1 is 1.18 bits per heavy atom. The number of aliphatic hydroxyl groups is 2. The summed E-state index contributed by atoms with van der Waals surface area (Å²) in [6, 6.07) is 5.41. The number of alkyl halides is 3. The van der Waals surface area contributed by atoms with E-state index in [9.17, 15) is 36.4 Å². The van der Waals surface area contributed by atoms with Crippen LogP contribution in [0.3, 0.4) is 0 Å². The number of anilines is 1. The predicted molar refractivity (Wildman–Crippen MR) is 145 cm³/mol. The molecule has 0 aliphatic heterocycles. The van der Waals surface area contributed by atoms with Crippen LogP contribution in [0.4, 0.5) is 18.9 Å². The van der Waals surface area contributed by atoms with Crippen molar-refractivity contribution < 1.29 is 36.4 Å². The highest BCUT2D eigenvalue weighted by Gasteiger charge is 2.66. The first-order valence-corrected chi connectivity index (χ1v) is 15.5. The molecule has 1 aromatic carbocycles. The molecular formula is C29H42F3NO5S. The van der Waals surface area contributed by atoms with Gasteiger partial charge in [-0.1, -0.05) is 44.7 Å². The largest absolute Gasteiger partial charge is 0.414 e. The standard InChI is InChI=1S/C29H42F3NO5S/c1-4-28-16-13-19-17-21(33-39(36,37)38)11-12-22(19)25(28)20(18-26(2)23(28)14-15-27(26,3)35)9-7-5-6-8-10-24(34)29(30,31)32/h4,11-12,17,20,23-25,33-35H,1,5-10,13-16,18H2,2-3H3,(H,36,37,38)/t20-,23?,24+,25?,26-,27-,28?/m0/s1. The second-order valence-electron chi connectivity index (χ2n) is 12.6. The highest BCUT2D eigenvalue weighted by molar-refractivity contribution is 7.87. The number of nitrogens with one attached hydrogen (secondary N) is 1. The number of benzene rings is 1. The Morgan fingerprint density at radius 2 is 1.87 bits per heavy atom. The van der Waals surface area contributed by atoms with Crippen molar-refractivity contribution in [3.05, 3.63) is 42.0 Å². The van der Waals surface area contributed by atoms with Gasteiger partial charge < -0.3 is 10.2 Å². The molecule has 2 fully saturated rings. The van der Waals surface area contributed by atoms with E-state index in [-0.39, 0.29) is 35.0 Å². The van der Waals surface area contributed by atoms with Crippen molar-refractivity contribution in [1.29, 1.82) is 0 Å². The first-order valence-electron chi connectivity index (χ1n) is 14.0. The van der Waals surface area contributed by atoms with Gasteiger partial charge in [0, 0.05) is 0 Å². The van der Waals surface area contributed by atoms with Gasteiger partial charge in [-0.3, -0.25) is 9.27 Å². The van der Waals surface area contributed by atoms with Crippen molar-refractivity contribution in [2.75, 3.05) is 4.72 Å². The number of allylic oxidation sites excluding steroid dienone is 1. The normalized spacial score (nSPS) is 35.0. The summed E-state index contributed by atoms with van der Waals surface area (Å²) in [6.45, 7) is 8.45. The molecule has 0 amide bonds. The van der Waals surface area contributed by atoms with Crippen LogP contribution < -0.4 is 4.72 Å². The summed E-state index contributed by atoms with van der Waals surface area (Å²) in [5, 5.41) is 20.8. The molecular weight excluding hydrogens is 531 g/mol. The van der Waals surface area contributed by atoms with E-state index >= 15 is 0 Å². The number of rotatable bonds is 10. The van der Waals surface area contributed by atoms with Crippen LogP contribution in [-0.2, 0) is 16.7 Å². The van der Waals surface area contributed by atoms with Crippen molar-refractivity contribution in [2.24, 2.45) is 22.7 Å². The van der Waals surface area contributed by atoms with E-state index in [1.54, 1.807) is 12.1 Å². The predicted octanol–water partition coefficient (Wildman–Crippen LogP) is 6.55. The third kappa shape index (κ3) is 5.76. The Kier molecular flexibility index (Phi) is 8.29. The first kappa shape index (κ1) is 30.3. The van der Waals surface area contributed by atoms with Gasteiger partial charge in [-0.15, -0.1) is 6.58 Å². The van der Waals surface area contributed by atoms with Crippen LogP contribution in [0.25, 0.3) is 0 Å². The number of hydrogen-bond acceptors (Lipinski definition) is 4. The Balaban J connectivity index is 1.59. The molecule has 10 heteroatoms. The molecule has 0 aromatic heterocycles. The van der Waals surface area contributed by atoms with Gasteiger partial charge in [0.05, 0.1) is 11.3 Å². The molecule has 4 N–H and O–H groups in total. The van der Waals surface area contributed by atoms with Gasteiger partial charge in [-0.05, 0) is 104 Å². The molecule has 3 aliphatic rings. The molecule has 4 rings (SSSR count). The fourth-order valence-corrected chi connectivity index (χ4v) is 8.84. The zero-order valence-electron chi connectivity index (χ0n) is 22.8. The molecule has 0 heterocycles. The van der Waals surface area contributed by atoms with Gasteiger partial charge in [-0.2, -0.15) is 21.6 Å². The number of fused-ring (bicyclic) bond motifs is 5. The van der Waals surface area contributed by atoms with E-state index in [1.165, 1.54) is 0 Å². The Bertz CT molecular complexity index is 1170. The van der Waals surface area contributed by atoms with Crippen molar-refractivity contribution in [2.45, 2.75) is 108 Å². The Morgan fingerprint density at radius 3 is 2.51 bits per heavy atom. The number of halogens is 3. The summed E-state index contributed by atoms with van der Waals surface area (Å²) in [6.07, 6.45) is 2.31. The zero-order chi connectivity index (χ0) is 28.9. The lowest BCUT2D eigenvalue weighted by atomic mass is 9.43. The van der Waals surface area contributed by atoms with Crippen LogP contribution >= 0.6 is 0 Å². The minimum Gasteiger partial charge on any atom is -0.390 e. The molecule has 220 valence electrons. The third-order valence-electron chi connectivity index (χ3n) is 10.4. The van der Waals surface area contributed by atoms with Crippen molar-refractivity contribution in [1.82, 2.24) is 0 Å². The molecule has 7 atom stereocenters. The monoisotopic (exact) mass is 573 g/mol. The lowest BCUT2D eigenvalue weighted by Gasteiger charge is -2.61. The lowest BCUT2D eigenvalue weighted by molar-refractivity contribution is -0.205. The topological polar surface area (TPSA) is 107 Å². The van der Waals surface area contributed by atoms with Gasteiger partial charge in [0.15, 0.2) is 0 Å². The molecule has 6 nitrogen and oxygen atoms in total. The van der Waals surface area contributed by atoms with Gasteiger partial charge in [0.2, 0.25) is 0 Å². The first-order chi connectivity index (χ1) is 18.0. The minimum absolute atomic E-state index is 0.123. The summed E-state index contributed by atoms with van der Waals surface area (Å²) < 4.78 is 72.0. The fraction of sp³-hybridized carbons (Fsp3) is 0.724. The van der Waals surface area contributed by atoms with Gasteiger partial charge in [0.25, 0.3) is 0 Å². The second-order valence-corrected chi connectivity index (χ2v) is 13.7. The molecule has 3 aliphatic carbocycles. The summed E-state index contributed by atoms with van der Waals surface area (Å²) in [5.41, 5.74) is 1.14. The summed E-state index contributed by atoms with van der Waals surface area (Å²) in [5.74, 6) is 0.568. The SMILES string of the molecule is C=CC12CCc3cc(NS(=O)(=O)O)ccc3C1[C@@H](CCCCCC[C@@H](O)C(F)(F)F)C[C@@]1(C)C2CC[C@]1(C)O. The lowest BCUT2D eigenvalue weighted by Crippen LogP contribution is -2.57. The van der Waals surface area contributed by atoms with Gasteiger partial charge in [0.1, 0.15) is 6.10 Å². The van der Waals surface area contributed by atoms with E-state index < -0.39 is 28.2 Å². The quantitative estimate of drug-likeness (QED) is 0.144. The average Bonchev–Trinajstić information content (AvgIpc) is 3.07. The average molecular weight is 574 g/mol. The highest BCUT2D eigenvalue weighted by Crippen LogP contribution is 2.71. The van der Waals surface area contributed by atoms with Crippen LogP contribution in [0, 0.1) is 22.7 Å². The fourth-order valence-electron chi connectivity index (χ4n) is 8.41. The smallest absolute Gasteiger partial charge is 0.390 e. The second kappa shape index (κ2) is 10.7. The van der Waals surface area contributed by atoms with Crippen molar-refractivity contribution in [3.8, 4) is 0 Å². The molecule has 0 spiro atoms. The van der Waals surface area contributed by atoms with E-state index in [4.69, 9.17) is 0 Å². The zero-order valence-corrected chi connectivity index (χ0v) is 23.6. The molecule has 2 saturated carbocycles. The van der Waals surface area contributed by atoms with Gasteiger partial charge >= 0.3 is 16.5 Å². The highest BCUT2D eigenvalue weighted by atomic mass is 32.2. The number of aryl methyl sites for hydroxylation is 1. The van der Waals surface area contributed by atoms with E-state index in [0.717, 1.165) is 62.5 Å². The van der Waals surface area contributed by atoms with E-state index in [0.29, 0.717) is 18.5 Å². The third-order valence-corrected chi connectivity index (χ3v) is 10.9. The maximum atomic E-state index is 12.6. The van der Waals surface area contributed by atoms with Crippen LogP contribution in [0.15, 0.2) is 30.9 Å². The summed E-state index contributed by atoms with van der Waals surface area (Å²) in [4.78, 5) is 0. The van der Waals surface area contributed by atoms with Crippen molar-refractivity contribution >= 4 is 16.0 Å². The maximum absolute atomic E-state index is 12.6. The summed E-state index contributed by atoms with van der Waals surface area (Å²) in [7, 11) is -4.39. The number of unbranched alkanes of at least 4 members (excludes halogenated alkanes) is 3. The Hall–Kier alpha value is -1.62. The van der Waals surface area contributed by atoms with Crippen LogP contribution in [0.2, 0.25) is 0 Å². The Labute approximate surface area is 230 Å². The molecule has 0 bridgehead atoms. The molecule has 3 unspecified atom stereocenters. The maximum Gasteiger partial charge on any atom is 0.414 e. The minimum atomic E-state index is -4.58. The molecule has 39 heavy (non-hydrogen) atoms. The number of aliphatic hydroxyl groups excluding tert-OH is 1. The van der Waals surface area contributed by atoms with E-state index in [2.05, 4.69) is 24.3 Å². The number of hydrogen-bond donors (Lipinski definition) is 4. The summed E-state index contributed by atoms with van der Waals surface area (Å²) >= 11 is 0. The molecule has 0 radical (unpaired) electrons. The molecule has 0 saturated heterocycles.